The topological polar surface area (TPSA) is 88.8 Å². The van der Waals surface area contributed by atoms with Gasteiger partial charge in [-0.3, -0.25) is 14.9 Å². The molecule has 0 aliphatic carbocycles. The van der Waals surface area contributed by atoms with Crippen molar-refractivity contribution in [1.82, 2.24) is 0 Å². The van der Waals surface area contributed by atoms with Crippen LogP contribution in [-0.2, 0) is 4.79 Å². The van der Waals surface area contributed by atoms with Crippen LogP contribution in [0.3, 0.4) is 0 Å². The number of hydrogen-bond donors (Lipinski definition) is 2. The number of hydrogen-bond acceptors (Lipinski definition) is 3. The van der Waals surface area contributed by atoms with Crippen LogP contribution in [0.25, 0.3) is 0 Å². The maximum Gasteiger partial charge on any atom is 0.279 e. The third-order valence-corrected chi connectivity index (χ3v) is 3.74. The van der Waals surface area contributed by atoms with Gasteiger partial charge in [0.15, 0.2) is 6.54 Å². The summed E-state index contributed by atoms with van der Waals surface area (Å²) in [7, 11) is 0. The molecule has 0 bridgehead atoms. The first kappa shape index (κ1) is 16.9. The standard InChI is InChI=1S/C16H16ClN3O3/c1-11(14-7-2-3-8-15(14)17)18-10-16(21)19-12-5-4-6-13(9-12)20(22)23/h2-9,11,18H,10H2,1H3,(H,19,21)/p+1/t11-/m0/s1. The third kappa shape index (κ3) is 4.77. The Morgan fingerprint density at radius 2 is 2.04 bits per heavy atom. The first-order chi connectivity index (χ1) is 11.0. The predicted octanol–water partition coefficient (Wildman–Crippen LogP) is 2.51. The van der Waals surface area contributed by atoms with E-state index in [1.807, 2.05) is 36.5 Å². The van der Waals surface area contributed by atoms with Crippen molar-refractivity contribution < 1.29 is 15.0 Å². The Balaban J connectivity index is 1.91. The van der Waals surface area contributed by atoms with Gasteiger partial charge in [-0.1, -0.05) is 35.9 Å². The first-order valence-electron chi connectivity index (χ1n) is 7.09. The molecule has 2 aromatic rings. The van der Waals surface area contributed by atoms with E-state index in [1.165, 1.54) is 18.2 Å². The van der Waals surface area contributed by atoms with E-state index in [0.717, 1.165) is 5.56 Å². The Labute approximate surface area is 138 Å². The zero-order valence-electron chi connectivity index (χ0n) is 12.5. The van der Waals surface area contributed by atoms with Crippen LogP contribution >= 0.6 is 11.6 Å². The zero-order chi connectivity index (χ0) is 16.8. The van der Waals surface area contributed by atoms with Crippen LogP contribution in [0.2, 0.25) is 5.02 Å². The normalized spacial score (nSPS) is 11.7. The number of nitro groups is 1. The van der Waals surface area contributed by atoms with Gasteiger partial charge in [0, 0.05) is 28.4 Å². The number of non-ortho nitro benzene ring substituents is 1. The Bertz CT molecular complexity index is 721. The summed E-state index contributed by atoms with van der Waals surface area (Å²) in [5, 5.41) is 15.9. The number of nitrogens with one attached hydrogen (secondary N) is 1. The maximum atomic E-state index is 12.0. The summed E-state index contributed by atoms with van der Waals surface area (Å²) in [6, 6.07) is 13.4. The van der Waals surface area contributed by atoms with Gasteiger partial charge in [0.2, 0.25) is 0 Å². The molecular weight excluding hydrogens is 318 g/mol. The predicted molar refractivity (Wildman–Crippen MR) is 88.4 cm³/mol. The van der Waals surface area contributed by atoms with Gasteiger partial charge in [-0.15, -0.1) is 0 Å². The summed E-state index contributed by atoms with van der Waals surface area (Å²) in [5.74, 6) is -0.232. The van der Waals surface area contributed by atoms with Crippen molar-refractivity contribution in [3.8, 4) is 0 Å². The Morgan fingerprint density at radius 1 is 1.30 bits per heavy atom. The number of halogens is 1. The molecule has 2 rings (SSSR count). The highest BCUT2D eigenvalue weighted by molar-refractivity contribution is 6.31. The van der Waals surface area contributed by atoms with Gasteiger partial charge in [-0.25, -0.2) is 0 Å². The highest BCUT2D eigenvalue weighted by Gasteiger charge is 2.14. The van der Waals surface area contributed by atoms with Crippen molar-refractivity contribution in [2.24, 2.45) is 0 Å². The van der Waals surface area contributed by atoms with Gasteiger partial charge in [-0.2, -0.15) is 0 Å². The first-order valence-corrected chi connectivity index (χ1v) is 7.47. The van der Waals surface area contributed by atoms with Crippen molar-refractivity contribution in [3.63, 3.8) is 0 Å². The fourth-order valence-corrected chi connectivity index (χ4v) is 2.47. The molecular formula is C16H17ClN3O3+. The van der Waals surface area contributed by atoms with Crippen LogP contribution in [-0.4, -0.2) is 17.4 Å². The van der Waals surface area contributed by atoms with Crippen LogP contribution in [0.5, 0.6) is 0 Å². The van der Waals surface area contributed by atoms with Crippen LogP contribution in [0.15, 0.2) is 48.5 Å². The van der Waals surface area contributed by atoms with Gasteiger partial charge >= 0.3 is 0 Å². The summed E-state index contributed by atoms with van der Waals surface area (Å²) < 4.78 is 0. The van der Waals surface area contributed by atoms with E-state index in [1.54, 1.807) is 6.07 Å². The molecule has 0 heterocycles. The molecule has 0 aromatic heterocycles. The van der Waals surface area contributed by atoms with Gasteiger partial charge in [0.05, 0.1) is 4.92 Å². The minimum atomic E-state index is -0.499. The summed E-state index contributed by atoms with van der Waals surface area (Å²) in [5.41, 5.74) is 1.30. The van der Waals surface area contributed by atoms with Crippen LogP contribution in [0.1, 0.15) is 18.5 Å². The second kappa shape index (κ2) is 7.71. The molecule has 3 N–H and O–H groups in total. The van der Waals surface area contributed by atoms with Gasteiger partial charge in [0.25, 0.3) is 11.6 Å². The Kier molecular flexibility index (Phi) is 5.67. The molecule has 0 aliphatic rings. The number of carbonyl (C=O) groups is 1. The Morgan fingerprint density at radius 3 is 2.74 bits per heavy atom. The van der Waals surface area contributed by atoms with E-state index in [0.29, 0.717) is 10.7 Å². The molecule has 0 fully saturated rings. The molecule has 0 saturated carbocycles. The monoisotopic (exact) mass is 334 g/mol. The number of nitro benzene ring substituents is 1. The largest absolute Gasteiger partial charge is 0.332 e. The van der Waals surface area contributed by atoms with Crippen molar-refractivity contribution >= 4 is 28.9 Å². The van der Waals surface area contributed by atoms with Crippen molar-refractivity contribution in [1.29, 1.82) is 0 Å². The summed E-state index contributed by atoms with van der Waals surface area (Å²) in [6.45, 7) is 2.15. The summed E-state index contributed by atoms with van der Waals surface area (Å²) in [6.07, 6.45) is 0. The number of quaternary nitrogens is 1. The summed E-state index contributed by atoms with van der Waals surface area (Å²) in [4.78, 5) is 22.2. The van der Waals surface area contributed by atoms with E-state index in [4.69, 9.17) is 11.6 Å². The fourth-order valence-electron chi connectivity index (χ4n) is 2.16. The van der Waals surface area contributed by atoms with Crippen LogP contribution in [0, 0.1) is 10.1 Å². The molecule has 0 radical (unpaired) electrons. The van der Waals surface area contributed by atoms with Crippen LogP contribution in [0.4, 0.5) is 11.4 Å². The van der Waals surface area contributed by atoms with E-state index in [9.17, 15) is 14.9 Å². The van der Waals surface area contributed by atoms with Gasteiger partial charge in [0.1, 0.15) is 6.04 Å². The average molecular weight is 335 g/mol. The zero-order valence-corrected chi connectivity index (χ0v) is 13.3. The molecule has 2 aromatic carbocycles. The number of carbonyl (C=O) groups excluding carboxylic acids is 1. The third-order valence-electron chi connectivity index (χ3n) is 3.39. The fraction of sp³-hybridized carbons (Fsp3) is 0.188. The second-order valence-electron chi connectivity index (χ2n) is 5.11. The molecule has 6 nitrogen and oxygen atoms in total. The van der Waals surface area contributed by atoms with Gasteiger partial charge in [-0.05, 0) is 19.1 Å². The van der Waals surface area contributed by atoms with E-state index >= 15 is 0 Å². The number of rotatable bonds is 6. The summed E-state index contributed by atoms with van der Waals surface area (Å²) >= 11 is 6.13. The molecule has 7 heteroatoms. The van der Waals surface area contributed by atoms with E-state index in [-0.39, 0.29) is 24.2 Å². The number of amides is 1. The SMILES string of the molecule is C[C@H]([NH2+]CC(=O)Nc1cccc([N+](=O)[O-])c1)c1ccccc1Cl. The number of nitrogens with zero attached hydrogens (tertiary/aromatic N) is 1. The minimum Gasteiger partial charge on any atom is -0.332 e. The Hall–Kier alpha value is -2.44. The highest BCUT2D eigenvalue weighted by Crippen LogP contribution is 2.19. The van der Waals surface area contributed by atoms with Gasteiger partial charge < -0.3 is 10.6 Å². The lowest BCUT2D eigenvalue weighted by molar-refractivity contribution is -0.682. The van der Waals surface area contributed by atoms with Crippen LogP contribution < -0.4 is 10.6 Å². The van der Waals surface area contributed by atoms with Crippen molar-refractivity contribution in [2.75, 3.05) is 11.9 Å². The molecule has 1 amide bonds. The van der Waals surface area contributed by atoms with E-state index in [2.05, 4.69) is 5.32 Å². The molecule has 23 heavy (non-hydrogen) atoms. The smallest absolute Gasteiger partial charge is 0.279 e. The van der Waals surface area contributed by atoms with Crippen molar-refractivity contribution in [2.45, 2.75) is 13.0 Å². The lowest BCUT2D eigenvalue weighted by Crippen LogP contribution is -2.86. The molecule has 0 spiro atoms. The number of benzene rings is 2. The highest BCUT2D eigenvalue weighted by atomic mass is 35.5. The lowest BCUT2D eigenvalue weighted by atomic mass is 10.1. The minimum absolute atomic E-state index is 0.0274. The second-order valence-corrected chi connectivity index (χ2v) is 5.51. The maximum absolute atomic E-state index is 12.0. The molecule has 0 aliphatic heterocycles. The number of anilines is 1. The number of nitrogens with two attached hydrogens (primary N) is 1. The molecule has 120 valence electrons. The molecule has 1 atom stereocenters. The molecule has 0 unspecified atom stereocenters. The lowest BCUT2D eigenvalue weighted by Gasteiger charge is -2.12. The molecule has 0 saturated heterocycles. The average Bonchev–Trinajstić information content (AvgIpc) is 2.53. The van der Waals surface area contributed by atoms with E-state index < -0.39 is 4.92 Å². The van der Waals surface area contributed by atoms with Crippen molar-refractivity contribution in [3.05, 3.63) is 69.2 Å². The quantitative estimate of drug-likeness (QED) is 0.628.